The van der Waals surface area contributed by atoms with Crippen molar-refractivity contribution in [3.63, 3.8) is 0 Å². The fraction of sp³-hybridized carbons (Fsp3) is 0.333. The molecule has 1 fully saturated rings. The standard InChI is InChI=1S/C24H21ClF2N4O5S.ClH/c1-34-17-5-15(2-3-16(17)35-12-23(36-19(32)6-28)10-24(26,27)11-23)31-9-13-4-18(37-20(13)22(31)33)21-29-7-14(25)8-30-21;/h2-5,7-8H,6,9-12,28H2,1H3;1H. The lowest BCUT2D eigenvalue weighted by Gasteiger charge is -2.45. The first-order valence-corrected chi connectivity index (χ1v) is 12.3. The molecule has 202 valence electrons. The van der Waals surface area contributed by atoms with E-state index in [0.29, 0.717) is 33.7 Å². The van der Waals surface area contributed by atoms with Gasteiger partial charge in [-0.2, -0.15) is 0 Å². The zero-order chi connectivity index (χ0) is 26.4. The molecular weight excluding hydrogens is 565 g/mol. The average molecular weight is 587 g/mol. The summed E-state index contributed by atoms with van der Waals surface area (Å²) in [4.78, 5) is 36.2. The fourth-order valence-electron chi connectivity index (χ4n) is 4.38. The minimum atomic E-state index is -2.94. The van der Waals surface area contributed by atoms with Crippen LogP contribution < -0.4 is 20.1 Å². The number of ether oxygens (including phenoxy) is 3. The van der Waals surface area contributed by atoms with Gasteiger partial charge in [0.25, 0.3) is 11.8 Å². The summed E-state index contributed by atoms with van der Waals surface area (Å²) >= 11 is 7.15. The summed E-state index contributed by atoms with van der Waals surface area (Å²) in [5, 5.41) is 0.425. The Balaban J connectivity index is 0.00000336. The molecule has 1 aliphatic carbocycles. The van der Waals surface area contributed by atoms with E-state index in [1.165, 1.54) is 30.8 Å². The molecule has 5 rings (SSSR count). The van der Waals surface area contributed by atoms with Crippen LogP contribution in [-0.2, 0) is 16.1 Å². The van der Waals surface area contributed by atoms with Crippen LogP contribution in [0.1, 0.15) is 28.1 Å². The Morgan fingerprint density at radius 1 is 1.21 bits per heavy atom. The van der Waals surface area contributed by atoms with E-state index >= 15 is 0 Å². The zero-order valence-electron chi connectivity index (χ0n) is 19.9. The number of nitrogens with two attached hydrogens (primary N) is 1. The van der Waals surface area contributed by atoms with Gasteiger partial charge in [0.1, 0.15) is 6.61 Å². The van der Waals surface area contributed by atoms with Crippen molar-refractivity contribution < 1.29 is 32.6 Å². The number of thiophene rings is 1. The van der Waals surface area contributed by atoms with Crippen molar-refractivity contribution in [2.24, 2.45) is 5.73 Å². The van der Waals surface area contributed by atoms with Crippen LogP contribution in [0.5, 0.6) is 11.5 Å². The summed E-state index contributed by atoms with van der Waals surface area (Å²) in [6, 6.07) is 6.76. The van der Waals surface area contributed by atoms with Gasteiger partial charge in [-0.15, -0.1) is 23.7 Å². The molecule has 38 heavy (non-hydrogen) atoms. The van der Waals surface area contributed by atoms with Crippen LogP contribution >= 0.6 is 35.3 Å². The van der Waals surface area contributed by atoms with E-state index in [0.717, 1.165) is 10.4 Å². The van der Waals surface area contributed by atoms with Crippen molar-refractivity contribution >= 4 is 52.9 Å². The number of hydrogen-bond acceptors (Lipinski definition) is 9. The minimum Gasteiger partial charge on any atom is -0.493 e. The maximum atomic E-state index is 13.6. The van der Waals surface area contributed by atoms with Crippen molar-refractivity contribution in [2.45, 2.75) is 30.9 Å². The van der Waals surface area contributed by atoms with Crippen molar-refractivity contribution in [1.29, 1.82) is 0 Å². The van der Waals surface area contributed by atoms with E-state index in [2.05, 4.69) is 9.97 Å². The predicted molar refractivity (Wildman–Crippen MR) is 139 cm³/mol. The van der Waals surface area contributed by atoms with Crippen LogP contribution in [0.15, 0.2) is 36.7 Å². The first-order valence-electron chi connectivity index (χ1n) is 11.1. The number of nitrogens with zero attached hydrogens (tertiary/aromatic N) is 3. The number of amides is 1. The fourth-order valence-corrected chi connectivity index (χ4v) is 5.55. The molecule has 2 aromatic heterocycles. The highest BCUT2D eigenvalue weighted by Gasteiger charge is 2.60. The Morgan fingerprint density at radius 2 is 1.92 bits per heavy atom. The molecular formula is C24H22Cl2F2N4O5S. The number of alkyl halides is 2. The van der Waals surface area contributed by atoms with E-state index in [4.69, 9.17) is 31.5 Å². The van der Waals surface area contributed by atoms with Crippen LogP contribution in [0, 0.1) is 0 Å². The Morgan fingerprint density at radius 3 is 2.53 bits per heavy atom. The number of esters is 1. The molecule has 1 aromatic carbocycles. The lowest BCUT2D eigenvalue weighted by atomic mass is 9.77. The lowest BCUT2D eigenvalue weighted by Crippen LogP contribution is -2.58. The Bertz CT molecular complexity index is 1360. The summed E-state index contributed by atoms with van der Waals surface area (Å²) in [5.41, 5.74) is 5.22. The number of fused-ring (bicyclic) bond motifs is 1. The highest BCUT2D eigenvalue weighted by Crippen LogP contribution is 2.49. The monoisotopic (exact) mass is 586 g/mol. The van der Waals surface area contributed by atoms with Gasteiger partial charge in [-0.05, 0) is 23.8 Å². The summed E-state index contributed by atoms with van der Waals surface area (Å²) in [6.45, 7) is -0.372. The number of carbonyl (C=O) groups is 2. The molecule has 1 amide bonds. The molecule has 0 radical (unpaired) electrons. The summed E-state index contributed by atoms with van der Waals surface area (Å²) in [7, 11) is 1.43. The van der Waals surface area contributed by atoms with Crippen LogP contribution in [-0.4, -0.2) is 53.6 Å². The second-order valence-electron chi connectivity index (χ2n) is 8.78. The van der Waals surface area contributed by atoms with Gasteiger partial charge >= 0.3 is 5.97 Å². The molecule has 14 heteroatoms. The van der Waals surface area contributed by atoms with Crippen LogP contribution in [0.2, 0.25) is 5.02 Å². The number of benzene rings is 1. The molecule has 1 saturated carbocycles. The number of halogens is 4. The molecule has 0 spiro atoms. The van der Waals surface area contributed by atoms with Crippen LogP contribution in [0.3, 0.4) is 0 Å². The average Bonchev–Trinajstić information content (AvgIpc) is 3.41. The molecule has 0 unspecified atom stereocenters. The molecule has 0 atom stereocenters. The maximum Gasteiger partial charge on any atom is 0.320 e. The second kappa shape index (κ2) is 10.6. The first kappa shape index (κ1) is 28.0. The van der Waals surface area contributed by atoms with E-state index < -0.39 is 36.9 Å². The third-order valence-corrected chi connectivity index (χ3v) is 7.38. The predicted octanol–water partition coefficient (Wildman–Crippen LogP) is 4.50. The molecule has 3 heterocycles. The number of methoxy groups -OCH3 is 1. The van der Waals surface area contributed by atoms with Crippen molar-refractivity contribution in [3.05, 3.63) is 52.1 Å². The van der Waals surface area contributed by atoms with Gasteiger partial charge in [0, 0.05) is 24.1 Å². The SMILES string of the molecule is COc1cc(N2Cc3cc(-c4ncc(Cl)cn4)sc3C2=O)ccc1OCC1(OC(=O)CN)CC(F)(F)C1.Cl. The van der Waals surface area contributed by atoms with E-state index in [9.17, 15) is 18.4 Å². The van der Waals surface area contributed by atoms with Gasteiger partial charge in [-0.25, -0.2) is 18.7 Å². The van der Waals surface area contributed by atoms with Crippen molar-refractivity contribution in [2.75, 3.05) is 25.2 Å². The molecule has 3 aromatic rings. The summed E-state index contributed by atoms with van der Waals surface area (Å²) in [6.07, 6.45) is 1.69. The lowest BCUT2D eigenvalue weighted by molar-refractivity contribution is -0.233. The Hall–Kier alpha value is -3.06. The van der Waals surface area contributed by atoms with Gasteiger partial charge < -0.3 is 24.8 Å². The van der Waals surface area contributed by atoms with E-state index in [1.54, 1.807) is 23.1 Å². The quantitative estimate of drug-likeness (QED) is 0.383. The first-order chi connectivity index (χ1) is 17.6. The van der Waals surface area contributed by atoms with Crippen LogP contribution in [0.4, 0.5) is 14.5 Å². The summed E-state index contributed by atoms with van der Waals surface area (Å²) < 4.78 is 43.5. The Labute approximate surface area is 231 Å². The maximum absolute atomic E-state index is 13.6. The topological polar surface area (TPSA) is 117 Å². The zero-order valence-corrected chi connectivity index (χ0v) is 22.3. The van der Waals surface area contributed by atoms with Gasteiger partial charge in [-0.1, -0.05) is 11.6 Å². The van der Waals surface area contributed by atoms with Gasteiger partial charge in [-0.3, -0.25) is 9.59 Å². The number of hydrogen-bond donors (Lipinski definition) is 1. The number of carbonyl (C=O) groups excluding carboxylic acids is 2. The smallest absolute Gasteiger partial charge is 0.320 e. The molecule has 2 aliphatic rings. The molecule has 2 N–H and O–H groups in total. The van der Waals surface area contributed by atoms with E-state index in [1.807, 2.05) is 6.07 Å². The second-order valence-corrected chi connectivity index (χ2v) is 10.3. The highest BCUT2D eigenvalue weighted by atomic mass is 35.5. The van der Waals surface area contributed by atoms with Crippen LogP contribution in [0.25, 0.3) is 10.7 Å². The van der Waals surface area contributed by atoms with Crippen molar-refractivity contribution in [1.82, 2.24) is 9.97 Å². The number of rotatable bonds is 8. The number of aromatic nitrogens is 2. The summed E-state index contributed by atoms with van der Waals surface area (Å²) in [5.74, 6) is -2.87. The van der Waals surface area contributed by atoms with Crippen molar-refractivity contribution in [3.8, 4) is 22.2 Å². The van der Waals surface area contributed by atoms with Gasteiger partial charge in [0.2, 0.25) is 0 Å². The Kier molecular flexibility index (Phi) is 7.80. The molecule has 0 saturated heterocycles. The third-order valence-electron chi connectivity index (χ3n) is 6.03. The molecule has 1 aliphatic heterocycles. The normalized spacial score (nSPS) is 16.8. The van der Waals surface area contributed by atoms with Gasteiger partial charge in [0.05, 0.1) is 47.8 Å². The van der Waals surface area contributed by atoms with Gasteiger partial charge in [0.15, 0.2) is 22.9 Å². The number of anilines is 1. The third kappa shape index (κ3) is 5.39. The largest absolute Gasteiger partial charge is 0.493 e. The molecule has 9 nitrogen and oxygen atoms in total. The van der Waals surface area contributed by atoms with E-state index in [-0.39, 0.29) is 30.7 Å². The minimum absolute atomic E-state index is 0. The molecule has 0 bridgehead atoms. The highest BCUT2D eigenvalue weighted by molar-refractivity contribution is 7.17.